The molecule has 9 heteroatoms. The van der Waals surface area contributed by atoms with Crippen LogP contribution in [0.15, 0.2) is 284 Å². The first-order chi connectivity index (χ1) is 42.6. The SMILES string of the molecule is [Pt].[c-]1c(Oc2[c-]c3c(cc2)c2ccccc2n3-c2ccc(-c3cc(-n4c5ccccc5c5ccccc54)cc(-n4c5ccccc5c5ccccc54)c3)cn2)cccc1-n1[c-][n+](-c2c(-c3ccccc3)ccc3oc4ccccc4c23)c2ccccc21. The maximum atomic E-state index is 6.78. The molecule has 6 aromatic heterocycles. The second kappa shape index (κ2) is 20.1. The Morgan fingerprint density at radius 1 is 0.391 bits per heavy atom. The molecule has 18 aromatic rings. The average Bonchev–Trinajstić information content (AvgIpc) is 1.88. The monoisotopic (exact) mass is 1290 g/mol. The Bertz CT molecular complexity index is 5530. The molecule has 0 aliphatic heterocycles. The van der Waals surface area contributed by atoms with Crippen LogP contribution >= 0.6 is 0 Å². The van der Waals surface area contributed by atoms with Gasteiger partial charge in [-0.1, -0.05) is 175 Å². The summed E-state index contributed by atoms with van der Waals surface area (Å²) in [4.78, 5) is 5.31. The quantitative estimate of drug-likeness (QED) is 0.107. The zero-order valence-electron chi connectivity index (χ0n) is 46.4. The molecule has 0 N–H and O–H groups in total. The number of hydrogen-bond acceptors (Lipinski definition) is 3. The Morgan fingerprint density at radius 2 is 0.943 bits per heavy atom. The number of hydrogen-bond donors (Lipinski definition) is 0. The van der Waals surface area contributed by atoms with Crippen LogP contribution in [-0.2, 0) is 21.1 Å². The van der Waals surface area contributed by atoms with Gasteiger partial charge in [-0.2, -0.15) is 18.2 Å². The molecular formula is C78H46N6O2Pt-2. The largest absolute Gasteiger partial charge is 0.510 e. The number of pyridine rings is 1. The minimum absolute atomic E-state index is 0. The van der Waals surface area contributed by atoms with Crippen molar-refractivity contribution in [1.82, 2.24) is 23.3 Å². The summed E-state index contributed by atoms with van der Waals surface area (Å²) in [6.07, 6.45) is 5.78. The van der Waals surface area contributed by atoms with E-state index in [1.54, 1.807) is 0 Å². The Morgan fingerprint density at radius 3 is 1.57 bits per heavy atom. The average molecular weight is 1290 g/mol. The van der Waals surface area contributed by atoms with Crippen molar-refractivity contribution in [3.63, 3.8) is 0 Å². The first kappa shape index (κ1) is 50.5. The molecule has 0 radical (unpaired) electrons. The maximum absolute atomic E-state index is 6.78. The molecule has 18 rings (SSSR count). The second-order valence-corrected chi connectivity index (χ2v) is 21.9. The molecule has 0 aliphatic carbocycles. The molecule has 0 saturated heterocycles. The van der Waals surface area contributed by atoms with E-state index in [4.69, 9.17) is 14.1 Å². The van der Waals surface area contributed by atoms with E-state index in [-0.39, 0.29) is 21.1 Å². The molecule has 0 atom stereocenters. The first-order valence-electron chi connectivity index (χ1n) is 28.9. The second-order valence-electron chi connectivity index (χ2n) is 21.9. The Kier molecular flexibility index (Phi) is 11.6. The van der Waals surface area contributed by atoms with Crippen LogP contribution in [0.5, 0.6) is 11.5 Å². The summed E-state index contributed by atoms with van der Waals surface area (Å²) in [5.41, 5.74) is 18.1. The Labute approximate surface area is 513 Å². The number of para-hydroxylation sites is 8. The van der Waals surface area contributed by atoms with Crippen molar-refractivity contribution in [1.29, 1.82) is 0 Å². The summed E-state index contributed by atoms with van der Waals surface area (Å²) < 4.78 is 24.5. The normalized spacial score (nSPS) is 11.8. The van der Waals surface area contributed by atoms with Gasteiger partial charge in [0.05, 0.1) is 38.8 Å². The summed E-state index contributed by atoms with van der Waals surface area (Å²) in [7, 11) is 0. The molecular weight excluding hydrogens is 1250 g/mol. The van der Waals surface area contributed by atoms with Gasteiger partial charge in [0.2, 0.25) is 0 Å². The van der Waals surface area contributed by atoms with Gasteiger partial charge < -0.3 is 27.4 Å². The van der Waals surface area contributed by atoms with Crippen molar-refractivity contribution in [2.75, 3.05) is 0 Å². The van der Waals surface area contributed by atoms with Crippen molar-refractivity contribution in [3.05, 3.63) is 298 Å². The predicted octanol–water partition coefficient (Wildman–Crippen LogP) is 19.0. The van der Waals surface area contributed by atoms with Crippen LogP contribution in [0.1, 0.15) is 0 Å². The molecule has 8 nitrogen and oxygen atoms in total. The van der Waals surface area contributed by atoms with Gasteiger partial charge in [0.25, 0.3) is 6.33 Å². The molecule has 0 fully saturated rings. The van der Waals surface area contributed by atoms with Gasteiger partial charge >= 0.3 is 0 Å². The van der Waals surface area contributed by atoms with Gasteiger partial charge in [-0.3, -0.25) is 4.57 Å². The molecule has 0 aliphatic rings. The van der Waals surface area contributed by atoms with Gasteiger partial charge in [-0.25, -0.2) is 4.98 Å². The van der Waals surface area contributed by atoms with E-state index < -0.39 is 0 Å². The molecule has 0 unspecified atom stereocenters. The van der Waals surface area contributed by atoms with E-state index in [9.17, 15) is 0 Å². The Hall–Kier alpha value is -11.1. The predicted molar refractivity (Wildman–Crippen MR) is 347 cm³/mol. The molecule has 87 heavy (non-hydrogen) atoms. The zero-order valence-corrected chi connectivity index (χ0v) is 48.6. The van der Waals surface area contributed by atoms with Crippen molar-refractivity contribution in [3.8, 4) is 62.3 Å². The van der Waals surface area contributed by atoms with Gasteiger partial charge in [-0.15, -0.1) is 29.7 Å². The molecule has 412 valence electrons. The standard InChI is InChI=1S/C78H46N6O2.Pt/c1-2-19-50(20-3-1)58-40-41-75-77(65-28-9-17-36-74(65)86-75)78(58)81-49-80(71-34-15-16-35-72(71)81)53-21-18-22-56(46-53)85-57-38-39-64-63-27-8-14-33-70(63)84(73(64)47-57)76-42-37-51(48-79-76)52-43-54(82-66-29-10-4-23-59(66)60-24-5-11-30-67(60)82)45-55(44-52)83-68-31-12-6-25-61(68)62-26-7-13-32-69(62)83;/h1-45,48H;/q-2;. The third-order valence-corrected chi connectivity index (χ3v) is 17.0. The molecule has 12 aromatic carbocycles. The van der Waals surface area contributed by atoms with Crippen LogP contribution in [0, 0.1) is 18.5 Å². The molecule has 0 saturated carbocycles. The Balaban J connectivity index is 0.00000589. The fourth-order valence-electron chi connectivity index (χ4n) is 13.3. The minimum atomic E-state index is 0. The minimum Gasteiger partial charge on any atom is -0.510 e. The summed E-state index contributed by atoms with van der Waals surface area (Å²) in [5.74, 6) is 1.85. The molecule has 0 bridgehead atoms. The fraction of sp³-hybridized carbons (Fsp3) is 0. The van der Waals surface area contributed by atoms with Crippen molar-refractivity contribution in [2.24, 2.45) is 0 Å². The van der Waals surface area contributed by atoms with E-state index in [1.165, 1.54) is 21.5 Å². The summed E-state index contributed by atoms with van der Waals surface area (Å²) in [6.45, 7) is 0. The summed E-state index contributed by atoms with van der Waals surface area (Å²) in [6, 6.07) is 103. The van der Waals surface area contributed by atoms with Gasteiger partial charge in [0, 0.05) is 93.5 Å². The van der Waals surface area contributed by atoms with E-state index in [0.717, 1.165) is 128 Å². The molecule has 6 heterocycles. The van der Waals surface area contributed by atoms with Crippen LogP contribution in [0.2, 0.25) is 0 Å². The number of ether oxygens (including phenoxy) is 1. The van der Waals surface area contributed by atoms with Crippen LogP contribution in [0.4, 0.5) is 0 Å². The number of rotatable bonds is 9. The number of imidazole rings is 1. The number of nitrogens with zero attached hydrogens (tertiary/aromatic N) is 6. The third kappa shape index (κ3) is 7.95. The number of aromatic nitrogens is 6. The fourth-order valence-corrected chi connectivity index (χ4v) is 13.3. The van der Waals surface area contributed by atoms with Crippen molar-refractivity contribution in [2.45, 2.75) is 0 Å². The van der Waals surface area contributed by atoms with Gasteiger partial charge in [-0.05, 0) is 101 Å². The zero-order chi connectivity index (χ0) is 56.4. The smallest absolute Gasteiger partial charge is 0.268 e. The van der Waals surface area contributed by atoms with Crippen molar-refractivity contribution < 1.29 is 34.8 Å². The van der Waals surface area contributed by atoms with Gasteiger partial charge in [0.15, 0.2) is 0 Å². The van der Waals surface area contributed by atoms with Crippen molar-refractivity contribution >= 4 is 98.4 Å². The molecule has 0 spiro atoms. The topological polar surface area (TPSA) is 58.9 Å². The van der Waals surface area contributed by atoms with Crippen LogP contribution in [0.3, 0.4) is 0 Å². The number of furan rings is 1. The van der Waals surface area contributed by atoms with E-state index >= 15 is 0 Å². The summed E-state index contributed by atoms with van der Waals surface area (Å²) in [5, 5.41) is 9.05. The van der Waals surface area contributed by atoms with Crippen LogP contribution < -0.4 is 9.30 Å². The van der Waals surface area contributed by atoms with Crippen LogP contribution in [-0.4, -0.2) is 23.3 Å². The van der Waals surface area contributed by atoms with E-state index in [2.05, 4.69) is 272 Å². The maximum Gasteiger partial charge on any atom is 0.268 e. The first-order valence-corrected chi connectivity index (χ1v) is 28.9. The number of fused-ring (bicyclic) bond motifs is 13. The van der Waals surface area contributed by atoms with E-state index in [1.807, 2.05) is 48.7 Å². The van der Waals surface area contributed by atoms with Gasteiger partial charge in [0.1, 0.15) is 17.0 Å². The molecule has 0 amide bonds. The summed E-state index contributed by atoms with van der Waals surface area (Å²) >= 11 is 0. The number of benzene rings is 12. The third-order valence-electron chi connectivity index (χ3n) is 17.0. The van der Waals surface area contributed by atoms with Crippen LogP contribution in [0.25, 0.3) is 149 Å². The van der Waals surface area contributed by atoms with E-state index in [0.29, 0.717) is 11.5 Å².